The Hall–Kier alpha value is -1.04. The Kier molecular flexibility index (Phi) is 4.78. The Morgan fingerprint density at radius 1 is 1.44 bits per heavy atom. The van der Waals surface area contributed by atoms with E-state index in [0.29, 0.717) is 17.5 Å². The Morgan fingerprint density at radius 3 is 2.50 bits per heavy atom. The summed E-state index contributed by atoms with van der Waals surface area (Å²) in [5.41, 5.74) is 0.720. The topological polar surface area (TPSA) is 26.3 Å². The van der Waals surface area contributed by atoms with E-state index >= 15 is 0 Å². The number of ether oxygens (including phenoxy) is 1. The van der Waals surface area contributed by atoms with Crippen molar-refractivity contribution in [2.24, 2.45) is 0 Å². The van der Waals surface area contributed by atoms with Crippen LogP contribution in [-0.2, 0) is 6.42 Å². The number of carbonyl (C=O) groups is 1. The van der Waals surface area contributed by atoms with Gasteiger partial charge in [-0.2, -0.15) is 0 Å². The third-order valence-corrected chi connectivity index (χ3v) is 2.73. The standard InChI is InChI=1S/C12H12BrF3O2/c1-3-8-6-9(11(17)7(2)13)4-5-10(8)18-12(14,15)16/h4-7H,3H2,1-2H3. The summed E-state index contributed by atoms with van der Waals surface area (Å²) in [6.45, 7) is 3.36. The van der Waals surface area contributed by atoms with E-state index < -0.39 is 6.36 Å². The van der Waals surface area contributed by atoms with Gasteiger partial charge in [0.15, 0.2) is 5.78 Å². The van der Waals surface area contributed by atoms with Gasteiger partial charge < -0.3 is 4.74 Å². The fraction of sp³-hybridized carbons (Fsp3) is 0.417. The molecule has 100 valence electrons. The molecule has 0 radical (unpaired) electrons. The summed E-state index contributed by atoms with van der Waals surface area (Å²) in [6, 6.07) is 3.94. The second kappa shape index (κ2) is 5.73. The number of alkyl halides is 4. The van der Waals surface area contributed by atoms with Crippen molar-refractivity contribution in [1.29, 1.82) is 0 Å². The third-order valence-electron chi connectivity index (χ3n) is 2.31. The maximum atomic E-state index is 12.1. The molecular formula is C12H12BrF3O2. The molecule has 0 aliphatic rings. The number of aryl methyl sites for hydroxylation is 1. The molecule has 0 N–H and O–H groups in total. The van der Waals surface area contributed by atoms with Crippen molar-refractivity contribution in [3.8, 4) is 5.75 Å². The minimum absolute atomic E-state index is 0.178. The first kappa shape index (κ1) is 15.0. The smallest absolute Gasteiger partial charge is 0.406 e. The first-order chi connectivity index (χ1) is 8.24. The number of carbonyl (C=O) groups excluding carboxylic acids is 1. The van der Waals surface area contributed by atoms with Gasteiger partial charge in [-0.3, -0.25) is 4.79 Å². The van der Waals surface area contributed by atoms with Gasteiger partial charge in [0.05, 0.1) is 4.83 Å². The van der Waals surface area contributed by atoms with E-state index in [2.05, 4.69) is 20.7 Å². The number of hydrogen-bond acceptors (Lipinski definition) is 2. The zero-order chi connectivity index (χ0) is 13.9. The molecule has 2 nitrogen and oxygen atoms in total. The first-order valence-electron chi connectivity index (χ1n) is 5.31. The van der Waals surface area contributed by atoms with E-state index in [4.69, 9.17) is 0 Å². The van der Waals surface area contributed by atoms with Crippen LogP contribution >= 0.6 is 15.9 Å². The van der Waals surface area contributed by atoms with Crippen molar-refractivity contribution in [3.05, 3.63) is 29.3 Å². The summed E-state index contributed by atoms with van der Waals surface area (Å²) < 4.78 is 40.3. The van der Waals surface area contributed by atoms with Crippen LogP contribution in [0.15, 0.2) is 18.2 Å². The van der Waals surface area contributed by atoms with Crippen LogP contribution in [0.1, 0.15) is 29.8 Å². The summed E-state index contributed by atoms with van der Waals surface area (Å²) >= 11 is 3.13. The lowest BCUT2D eigenvalue weighted by Crippen LogP contribution is -2.18. The molecule has 0 fully saturated rings. The van der Waals surface area contributed by atoms with Gasteiger partial charge in [-0.05, 0) is 37.1 Å². The van der Waals surface area contributed by atoms with Crippen molar-refractivity contribution in [2.45, 2.75) is 31.5 Å². The van der Waals surface area contributed by atoms with Crippen LogP contribution in [0.4, 0.5) is 13.2 Å². The van der Waals surface area contributed by atoms with E-state index in [1.807, 2.05) is 0 Å². The zero-order valence-corrected chi connectivity index (χ0v) is 11.4. The molecule has 0 aromatic heterocycles. The van der Waals surface area contributed by atoms with Crippen molar-refractivity contribution in [2.75, 3.05) is 0 Å². The molecule has 1 aromatic rings. The highest BCUT2D eigenvalue weighted by molar-refractivity contribution is 9.10. The van der Waals surface area contributed by atoms with Crippen LogP contribution in [0.3, 0.4) is 0 Å². The Balaban J connectivity index is 3.08. The highest BCUT2D eigenvalue weighted by Crippen LogP contribution is 2.28. The van der Waals surface area contributed by atoms with Gasteiger partial charge in [0.1, 0.15) is 5.75 Å². The molecule has 0 spiro atoms. The SMILES string of the molecule is CCc1cc(C(=O)C(C)Br)ccc1OC(F)(F)F. The number of rotatable bonds is 4. The van der Waals surface area contributed by atoms with Gasteiger partial charge in [0.2, 0.25) is 0 Å². The molecular weight excluding hydrogens is 313 g/mol. The Bertz CT molecular complexity index is 441. The number of halogens is 4. The van der Waals surface area contributed by atoms with Crippen LogP contribution in [0, 0.1) is 0 Å². The fourth-order valence-electron chi connectivity index (χ4n) is 1.46. The van der Waals surface area contributed by atoms with E-state index in [1.54, 1.807) is 13.8 Å². The second-order valence-corrected chi connectivity index (χ2v) is 5.08. The zero-order valence-electron chi connectivity index (χ0n) is 9.84. The average molecular weight is 325 g/mol. The van der Waals surface area contributed by atoms with E-state index in [0.717, 1.165) is 0 Å². The van der Waals surface area contributed by atoms with Crippen LogP contribution in [0.25, 0.3) is 0 Å². The summed E-state index contributed by atoms with van der Waals surface area (Å²) in [5.74, 6) is -0.438. The lowest BCUT2D eigenvalue weighted by atomic mass is 10.0. The van der Waals surface area contributed by atoms with Crippen molar-refractivity contribution >= 4 is 21.7 Å². The molecule has 1 aromatic carbocycles. The Labute approximate surface area is 111 Å². The van der Waals surface area contributed by atoms with Crippen LogP contribution < -0.4 is 4.74 Å². The predicted octanol–water partition coefficient (Wildman–Crippen LogP) is 4.11. The lowest BCUT2D eigenvalue weighted by molar-refractivity contribution is -0.274. The van der Waals surface area contributed by atoms with Crippen molar-refractivity contribution in [3.63, 3.8) is 0 Å². The molecule has 0 heterocycles. The quantitative estimate of drug-likeness (QED) is 0.615. The van der Waals surface area contributed by atoms with Crippen molar-refractivity contribution < 1.29 is 22.7 Å². The summed E-state index contributed by atoms with van der Waals surface area (Å²) in [7, 11) is 0. The normalized spacial score (nSPS) is 13.2. The van der Waals surface area contributed by atoms with Gasteiger partial charge in [-0.15, -0.1) is 13.2 Å². The number of benzene rings is 1. The molecule has 0 aliphatic heterocycles. The molecule has 0 saturated heterocycles. The Morgan fingerprint density at radius 2 is 2.06 bits per heavy atom. The van der Waals surface area contributed by atoms with Gasteiger partial charge >= 0.3 is 6.36 Å². The predicted molar refractivity (Wildman–Crippen MR) is 65.2 cm³/mol. The molecule has 18 heavy (non-hydrogen) atoms. The molecule has 1 atom stereocenters. The molecule has 6 heteroatoms. The number of hydrogen-bond donors (Lipinski definition) is 0. The summed E-state index contributed by atoms with van der Waals surface area (Å²) in [6.07, 6.45) is -4.37. The molecule has 0 amide bonds. The van der Waals surface area contributed by atoms with Crippen LogP contribution in [0.2, 0.25) is 0 Å². The van der Waals surface area contributed by atoms with Crippen LogP contribution in [0.5, 0.6) is 5.75 Å². The van der Waals surface area contributed by atoms with Gasteiger partial charge in [-0.25, -0.2) is 0 Å². The minimum atomic E-state index is -4.72. The van der Waals surface area contributed by atoms with Crippen molar-refractivity contribution in [1.82, 2.24) is 0 Å². The molecule has 1 rings (SSSR count). The number of ketones is 1. The monoisotopic (exact) mass is 324 g/mol. The lowest BCUT2D eigenvalue weighted by Gasteiger charge is -2.13. The van der Waals surface area contributed by atoms with E-state index in [-0.39, 0.29) is 16.4 Å². The largest absolute Gasteiger partial charge is 0.573 e. The highest BCUT2D eigenvalue weighted by Gasteiger charge is 2.32. The van der Waals surface area contributed by atoms with Gasteiger partial charge in [-0.1, -0.05) is 22.9 Å². The van der Waals surface area contributed by atoms with E-state index in [1.165, 1.54) is 18.2 Å². The molecule has 1 unspecified atom stereocenters. The third kappa shape index (κ3) is 4.01. The summed E-state index contributed by atoms with van der Waals surface area (Å²) in [4.78, 5) is 11.3. The summed E-state index contributed by atoms with van der Waals surface area (Å²) in [5, 5.41) is 0. The molecule has 0 bridgehead atoms. The van der Waals surface area contributed by atoms with Gasteiger partial charge in [0, 0.05) is 5.56 Å². The minimum Gasteiger partial charge on any atom is -0.406 e. The average Bonchev–Trinajstić information content (AvgIpc) is 2.26. The van der Waals surface area contributed by atoms with Crippen LogP contribution in [-0.4, -0.2) is 17.0 Å². The van der Waals surface area contributed by atoms with E-state index in [9.17, 15) is 18.0 Å². The fourth-order valence-corrected chi connectivity index (χ4v) is 1.73. The maximum absolute atomic E-state index is 12.1. The molecule has 0 saturated carbocycles. The first-order valence-corrected chi connectivity index (χ1v) is 6.23. The van der Waals surface area contributed by atoms with Gasteiger partial charge in [0.25, 0.3) is 0 Å². The highest BCUT2D eigenvalue weighted by atomic mass is 79.9. The second-order valence-electron chi connectivity index (χ2n) is 3.70. The maximum Gasteiger partial charge on any atom is 0.573 e. The molecule has 0 aliphatic carbocycles. The number of Topliss-reactive ketones (excluding diaryl/α,β-unsaturated/α-hetero) is 1.